The van der Waals surface area contributed by atoms with Crippen LogP contribution < -0.4 is 19.5 Å². The zero-order chi connectivity index (χ0) is 17.5. The third-order valence-corrected chi connectivity index (χ3v) is 3.84. The van der Waals surface area contributed by atoms with Gasteiger partial charge in [-0.3, -0.25) is 4.79 Å². The van der Waals surface area contributed by atoms with E-state index in [1.807, 2.05) is 0 Å². The average molecular weight is 350 g/mol. The van der Waals surface area contributed by atoms with E-state index in [9.17, 15) is 4.79 Å². The number of hydrogen-bond donors (Lipinski definition) is 1. The van der Waals surface area contributed by atoms with Crippen LogP contribution in [0.1, 0.15) is 15.9 Å². The Hall–Kier alpha value is -2.40. The molecule has 128 valence electrons. The number of rotatable bonds is 7. The molecular formula is C18H20ClNO4. The number of carbonyl (C=O) groups is 1. The van der Waals surface area contributed by atoms with Gasteiger partial charge in [0.25, 0.3) is 5.91 Å². The molecular weight excluding hydrogens is 330 g/mol. The van der Waals surface area contributed by atoms with Gasteiger partial charge in [-0.05, 0) is 30.7 Å². The smallest absolute Gasteiger partial charge is 0.251 e. The quantitative estimate of drug-likeness (QED) is 0.833. The number of benzene rings is 2. The van der Waals surface area contributed by atoms with E-state index in [-0.39, 0.29) is 5.91 Å². The lowest BCUT2D eigenvalue weighted by Gasteiger charge is -2.15. The fraction of sp³-hybridized carbons (Fsp3) is 0.278. The van der Waals surface area contributed by atoms with E-state index in [1.54, 1.807) is 57.7 Å². The largest absolute Gasteiger partial charge is 0.496 e. The number of methoxy groups -OCH3 is 3. The van der Waals surface area contributed by atoms with Gasteiger partial charge in [0, 0.05) is 34.8 Å². The number of carbonyl (C=O) groups excluding carboxylic acids is 1. The summed E-state index contributed by atoms with van der Waals surface area (Å²) in [6.45, 7) is 0.445. The topological polar surface area (TPSA) is 56.8 Å². The fourth-order valence-corrected chi connectivity index (χ4v) is 2.45. The first-order valence-corrected chi connectivity index (χ1v) is 7.79. The molecule has 0 aliphatic heterocycles. The molecule has 2 rings (SSSR count). The predicted molar refractivity (Wildman–Crippen MR) is 93.6 cm³/mol. The summed E-state index contributed by atoms with van der Waals surface area (Å²) in [5.74, 6) is 1.81. The number of nitrogens with one attached hydrogen (secondary N) is 1. The molecule has 0 saturated heterocycles. The summed E-state index contributed by atoms with van der Waals surface area (Å²) in [4.78, 5) is 12.1. The maximum atomic E-state index is 12.1. The summed E-state index contributed by atoms with van der Waals surface area (Å²) in [6, 6.07) is 10.3. The van der Waals surface area contributed by atoms with Crippen molar-refractivity contribution < 1.29 is 19.0 Å². The Kier molecular flexibility index (Phi) is 6.32. The van der Waals surface area contributed by atoms with Gasteiger partial charge in [0.15, 0.2) is 0 Å². The lowest BCUT2D eigenvalue weighted by atomic mass is 10.1. The molecule has 6 heteroatoms. The van der Waals surface area contributed by atoms with Gasteiger partial charge in [0.1, 0.15) is 17.2 Å². The standard InChI is InChI=1S/C18H20ClNO4/c1-22-14-10-16(23-2)15(17(11-14)24-3)8-9-20-18(21)12-4-6-13(19)7-5-12/h4-7,10-11H,8-9H2,1-3H3,(H,20,21). The maximum Gasteiger partial charge on any atom is 0.251 e. The van der Waals surface area contributed by atoms with Gasteiger partial charge in [0.05, 0.1) is 21.3 Å². The Morgan fingerprint density at radius 1 is 1.00 bits per heavy atom. The van der Waals surface area contributed by atoms with Crippen LogP contribution in [0.2, 0.25) is 5.02 Å². The van der Waals surface area contributed by atoms with Gasteiger partial charge in [-0.1, -0.05) is 11.6 Å². The molecule has 0 fully saturated rings. The minimum atomic E-state index is -0.155. The molecule has 0 atom stereocenters. The molecule has 0 radical (unpaired) electrons. The van der Waals surface area contributed by atoms with Gasteiger partial charge in [-0.25, -0.2) is 0 Å². The number of amides is 1. The first kappa shape index (κ1) is 17.9. The first-order valence-electron chi connectivity index (χ1n) is 7.41. The second kappa shape index (κ2) is 8.45. The van der Waals surface area contributed by atoms with E-state index in [1.165, 1.54) is 0 Å². The highest BCUT2D eigenvalue weighted by molar-refractivity contribution is 6.30. The van der Waals surface area contributed by atoms with Crippen LogP contribution in [0.25, 0.3) is 0 Å². The van der Waals surface area contributed by atoms with E-state index in [0.717, 1.165) is 5.56 Å². The zero-order valence-corrected chi connectivity index (χ0v) is 14.6. The van der Waals surface area contributed by atoms with E-state index in [2.05, 4.69) is 5.32 Å². The SMILES string of the molecule is COc1cc(OC)c(CCNC(=O)c2ccc(Cl)cc2)c(OC)c1. The normalized spacial score (nSPS) is 10.2. The molecule has 0 aliphatic rings. The lowest BCUT2D eigenvalue weighted by molar-refractivity contribution is 0.0954. The summed E-state index contributed by atoms with van der Waals surface area (Å²) < 4.78 is 16.0. The van der Waals surface area contributed by atoms with Crippen LogP contribution in [0.15, 0.2) is 36.4 Å². The van der Waals surface area contributed by atoms with Crippen molar-refractivity contribution in [3.63, 3.8) is 0 Å². The Balaban J connectivity index is 2.06. The number of hydrogen-bond acceptors (Lipinski definition) is 4. The third kappa shape index (κ3) is 4.32. The van der Waals surface area contributed by atoms with Gasteiger partial charge in [-0.2, -0.15) is 0 Å². The highest BCUT2D eigenvalue weighted by atomic mass is 35.5. The molecule has 0 spiro atoms. The molecule has 24 heavy (non-hydrogen) atoms. The van der Waals surface area contributed by atoms with Crippen molar-refractivity contribution in [3.8, 4) is 17.2 Å². The van der Waals surface area contributed by atoms with Crippen LogP contribution in [-0.4, -0.2) is 33.8 Å². The summed E-state index contributed by atoms with van der Waals surface area (Å²) in [5, 5.41) is 3.47. The highest BCUT2D eigenvalue weighted by Gasteiger charge is 2.13. The summed E-state index contributed by atoms with van der Waals surface area (Å²) in [6.07, 6.45) is 0.565. The number of ether oxygens (including phenoxy) is 3. The second-order valence-corrected chi connectivity index (χ2v) is 5.46. The molecule has 2 aromatic rings. The molecule has 5 nitrogen and oxygen atoms in total. The molecule has 0 bridgehead atoms. The highest BCUT2D eigenvalue weighted by Crippen LogP contribution is 2.34. The second-order valence-electron chi connectivity index (χ2n) is 5.02. The minimum Gasteiger partial charge on any atom is -0.496 e. The van der Waals surface area contributed by atoms with Crippen LogP contribution in [0.4, 0.5) is 0 Å². The first-order chi connectivity index (χ1) is 11.6. The van der Waals surface area contributed by atoms with Crippen molar-refractivity contribution in [2.24, 2.45) is 0 Å². The van der Waals surface area contributed by atoms with E-state index in [0.29, 0.717) is 40.8 Å². The van der Waals surface area contributed by atoms with Crippen molar-refractivity contribution in [1.29, 1.82) is 0 Å². The molecule has 0 aromatic heterocycles. The van der Waals surface area contributed by atoms with Crippen molar-refractivity contribution in [3.05, 3.63) is 52.5 Å². The predicted octanol–water partition coefficient (Wildman–Crippen LogP) is 3.34. The Bertz CT molecular complexity index is 676. The minimum absolute atomic E-state index is 0.155. The van der Waals surface area contributed by atoms with Crippen LogP contribution in [-0.2, 0) is 6.42 Å². The molecule has 0 unspecified atom stereocenters. The molecule has 0 heterocycles. The monoisotopic (exact) mass is 349 g/mol. The molecule has 0 saturated carbocycles. The van der Waals surface area contributed by atoms with E-state index < -0.39 is 0 Å². The van der Waals surface area contributed by atoms with Crippen LogP contribution in [0.5, 0.6) is 17.2 Å². The van der Waals surface area contributed by atoms with E-state index in [4.69, 9.17) is 25.8 Å². The van der Waals surface area contributed by atoms with E-state index >= 15 is 0 Å². The third-order valence-electron chi connectivity index (χ3n) is 3.58. The van der Waals surface area contributed by atoms with Gasteiger partial charge < -0.3 is 19.5 Å². The van der Waals surface area contributed by atoms with Crippen LogP contribution in [0.3, 0.4) is 0 Å². The Labute approximate surface area is 146 Å². The summed E-state index contributed by atoms with van der Waals surface area (Å²) in [7, 11) is 4.76. The van der Waals surface area contributed by atoms with Crippen LogP contribution >= 0.6 is 11.6 Å². The lowest BCUT2D eigenvalue weighted by Crippen LogP contribution is -2.25. The Morgan fingerprint density at radius 2 is 1.58 bits per heavy atom. The van der Waals surface area contributed by atoms with Crippen molar-refractivity contribution >= 4 is 17.5 Å². The van der Waals surface area contributed by atoms with Crippen molar-refractivity contribution in [1.82, 2.24) is 5.32 Å². The fourth-order valence-electron chi connectivity index (χ4n) is 2.33. The zero-order valence-electron chi connectivity index (χ0n) is 13.9. The molecule has 1 amide bonds. The molecule has 1 N–H and O–H groups in total. The summed E-state index contributed by atoms with van der Waals surface area (Å²) >= 11 is 5.82. The van der Waals surface area contributed by atoms with Crippen molar-refractivity contribution in [2.45, 2.75) is 6.42 Å². The number of halogens is 1. The van der Waals surface area contributed by atoms with Gasteiger partial charge >= 0.3 is 0 Å². The van der Waals surface area contributed by atoms with Crippen molar-refractivity contribution in [2.75, 3.05) is 27.9 Å². The average Bonchev–Trinajstić information content (AvgIpc) is 2.61. The molecule has 2 aromatic carbocycles. The molecule has 0 aliphatic carbocycles. The van der Waals surface area contributed by atoms with Crippen LogP contribution in [0, 0.1) is 0 Å². The Morgan fingerprint density at radius 3 is 2.08 bits per heavy atom. The van der Waals surface area contributed by atoms with Gasteiger partial charge in [0.2, 0.25) is 0 Å². The van der Waals surface area contributed by atoms with Gasteiger partial charge in [-0.15, -0.1) is 0 Å². The maximum absolute atomic E-state index is 12.1. The summed E-state index contributed by atoms with van der Waals surface area (Å²) in [5.41, 5.74) is 1.44.